The molecule has 6 heteroatoms. The van der Waals surface area contributed by atoms with Crippen molar-refractivity contribution in [1.29, 1.82) is 0 Å². The van der Waals surface area contributed by atoms with Gasteiger partial charge in [0.15, 0.2) is 0 Å². The van der Waals surface area contributed by atoms with Crippen LogP contribution in [0.5, 0.6) is 0 Å². The molecule has 0 fully saturated rings. The molecule has 0 amide bonds. The molecule has 1 atom stereocenters. The molecular formula is C11H17FN2O2S. The molecule has 4 nitrogen and oxygen atoms in total. The minimum absolute atomic E-state index is 0.0826. The average molecular weight is 260 g/mol. The van der Waals surface area contributed by atoms with Crippen molar-refractivity contribution in [2.24, 2.45) is 5.14 Å². The second kappa shape index (κ2) is 6.09. The first-order valence-corrected chi connectivity index (χ1v) is 7.06. The average Bonchev–Trinajstić information content (AvgIpc) is 2.19. The molecule has 1 aromatic carbocycles. The van der Waals surface area contributed by atoms with E-state index in [-0.39, 0.29) is 17.6 Å². The molecule has 1 unspecified atom stereocenters. The van der Waals surface area contributed by atoms with Gasteiger partial charge in [-0.05, 0) is 31.0 Å². The molecule has 0 saturated heterocycles. The first-order valence-electron chi connectivity index (χ1n) is 5.35. The number of benzene rings is 1. The molecule has 96 valence electrons. The fourth-order valence-corrected chi connectivity index (χ4v) is 1.90. The third-order valence-corrected chi connectivity index (χ3v) is 3.11. The highest BCUT2D eigenvalue weighted by atomic mass is 32.2. The molecule has 3 N–H and O–H groups in total. The monoisotopic (exact) mass is 260 g/mol. The lowest BCUT2D eigenvalue weighted by molar-refractivity contribution is 0.553. The second-order valence-electron chi connectivity index (χ2n) is 4.05. The van der Waals surface area contributed by atoms with Gasteiger partial charge in [0, 0.05) is 12.6 Å². The maximum absolute atomic E-state index is 12.7. The van der Waals surface area contributed by atoms with Crippen LogP contribution in [0.1, 0.15) is 12.5 Å². The molecule has 1 rings (SSSR count). The van der Waals surface area contributed by atoms with E-state index in [1.54, 1.807) is 12.1 Å². The highest BCUT2D eigenvalue weighted by Gasteiger charge is 2.06. The minimum Gasteiger partial charge on any atom is -0.313 e. The summed E-state index contributed by atoms with van der Waals surface area (Å²) in [6, 6.07) is 6.36. The standard InChI is InChI=1S/C11H17FN2O2S/c1-9(14-6-7-17(13,15)16)8-10-2-4-11(12)5-3-10/h2-5,9,14H,6-8H2,1H3,(H2,13,15,16). The summed E-state index contributed by atoms with van der Waals surface area (Å²) in [5.41, 5.74) is 1.00. The summed E-state index contributed by atoms with van der Waals surface area (Å²) in [6.07, 6.45) is 0.713. The van der Waals surface area contributed by atoms with Crippen molar-refractivity contribution in [2.75, 3.05) is 12.3 Å². The quantitative estimate of drug-likeness (QED) is 0.788. The van der Waals surface area contributed by atoms with E-state index in [1.807, 2.05) is 6.92 Å². The maximum atomic E-state index is 12.7. The first kappa shape index (κ1) is 14.1. The van der Waals surface area contributed by atoms with Crippen molar-refractivity contribution in [1.82, 2.24) is 5.32 Å². The molecule has 0 spiro atoms. The molecule has 1 aromatic rings. The van der Waals surface area contributed by atoms with E-state index in [4.69, 9.17) is 5.14 Å². The van der Waals surface area contributed by atoms with Crippen LogP contribution in [0.15, 0.2) is 24.3 Å². The number of nitrogens with two attached hydrogens (primary N) is 1. The molecule has 0 aliphatic rings. The Morgan fingerprint density at radius 2 is 1.94 bits per heavy atom. The summed E-state index contributed by atoms with van der Waals surface area (Å²) in [7, 11) is -3.41. The normalized spacial score (nSPS) is 13.6. The third kappa shape index (κ3) is 6.35. The molecule has 0 aliphatic carbocycles. The van der Waals surface area contributed by atoms with Crippen LogP contribution >= 0.6 is 0 Å². The van der Waals surface area contributed by atoms with E-state index in [2.05, 4.69) is 5.32 Å². The molecule has 0 aliphatic heterocycles. The lowest BCUT2D eigenvalue weighted by Gasteiger charge is -2.13. The van der Waals surface area contributed by atoms with E-state index < -0.39 is 10.0 Å². The molecule has 17 heavy (non-hydrogen) atoms. The van der Waals surface area contributed by atoms with Crippen molar-refractivity contribution < 1.29 is 12.8 Å². The van der Waals surface area contributed by atoms with Crippen LogP contribution in [0, 0.1) is 5.82 Å². The van der Waals surface area contributed by atoms with Crippen LogP contribution in [0.2, 0.25) is 0 Å². The van der Waals surface area contributed by atoms with Gasteiger partial charge in [0.2, 0.25) is 10.0 Å². The van der Waals surface area contributed by atoms with E-state index >= 15 is 0 Å². The fourth-order valence-electron chi connectivity index (χ4n) is 1.49. The molecule has 0 heterocycles. The van der Waals surface area contributed by atoms with Crippen LogP contribution in [0.25, 0.3) is 0 Å². The zero-order valence-corrected chi connectivity index (χ0v) is 10.5. The summed E-state index contributed by atoms with van der Waals surface area (Å²) in [5.74, 6) is -0.343. The van der Waals surface area contributed by atoms with Crippen LogP contribution in [0.4, 0.5) is 4.39 Å². The van der Waals surface area contributed by atoms with Crippen LogP contribution in [0.3, 0.4) is 0 Å². The summed E-state index contributed by atoms with van der Waals surface area (Å²) in [5, 5.41) is 7.93. The van der Waals surface area contributed by atoms with Gasteiger partial charge < -0.3 is 5.32 Å². The fraction of sp³-hybridized carbons (Fsp3) is 0.455. The molecule has 0 bridgehead atoms. The van der Waals surface area contributed by atoms with Gasteiger partial charge in [0.1, 0.15) is 5.82 Å². The van der Waals surface area contributed by atoms with E-state index in [0.29, 0.717) is 13.0 Å². The Labute approximate surface area is 101 Å². The highest BCUT2D eigenvalue weighted by Crippen LogP contribution is 2.05. The SMILES string of the molecule is CC(Cc1ccc(F)cc1)NCCS(N)(=O)=O. The maximum Gasteiger partial charge on any atom is 0.210 e. The minimum atomic E-state index is -3.41. The van der Waals surface area contributed by atoms with Crippen LogP contribution in [-0.2, 0) is 16.4 Å². The molecular weight excluding hydrogens is 243 g/mol. The number of hydrogen-bond acceptors (Lipinski definition) is 3. The number of primary sulfonamides is 1. The Balaban J connectivity index is 2.34. The van der Waals surface area contributed by atoms with Gasteiger partial charge in [0.05, 0.1) is 5.75 Å². The smallest absolute Gasteiger partial charge is 0.210 e. The molecule has 0 aromatic heterocycles. The van der Waals surface area contributed by atoms with E-state index in [1.165, 1.54) is 12.1 Å². The Hall–Kier alpha value is -0.980. The number of halogens is 1. The van der Waals surface area contributed by atoms with E-state index in [9.17, 15) is 12.8 Å². The summed E-state index contributed by atoms with van der Waals surface area (Å²) >= 11 is 0. The third-order valence-electron chi connectivity index (χ3n) is 2.33. The predicted octanol–water partition coefficient (Wildman–Crippen LogP) is 0.635. The van der Waals surface area contributed by atoms with Crippen molar-refractivity contribution in [3.05, 3.63) is 35.6 Å². The Morgan fingerprint density at radius 1 is 1.35 bits per heavy atom. The topological polar surface area (TPSA) is 72.2 Å². The van der Waals surface area contributed by atoms with Gasteiger partial charge in [-0.25, -0.2) is 17.9 Å². The summed E-state index contributed by atoms with van der Waals surface area (Å²) < 4.78 is 34.1. The van der Waals surface area contributed by atoms with Crippen LogP contribution in [-0.4, -0.2) is 26.8 Å². The Morgan fingerprint density at radius 3 is 2.47 bits per heavy atom. The Kier molecular flexibility index (Phi) is 5.04. The number of hydrogen-bond donors (Lipinski definition) is 2. The molecule has 0 radical (unpaired) electrons. The van der Waals surface area contributed by atoms with Gasteiger partial charge in [-0.1, -0.05) is 12.1 Å². The largest absolute Gasteiger partial charge is 0.313 e. The van der Waals surface area contributed by atoms with Crippen LogP contribution < -0.4 is 10.5 Å². The van der Waals surface area contributed by atoms with Gasteiger partial charge in [-0.3, -0.25) is 0 Å². The number of rotatable bonds is 6. The summed E-state index contributed by atoms with van der Waals surface area (Å²) in [4.78, 5) is 0. The summed E-state index contributed by atoms with van der Waals surface area (Å²) in [6.45, 7) is 2.26. The van der Waals surface area contributed by atoms with Crippen molar-refractivity contribution >= 4 is 10.0 Å². The predicted molar refractivity (Wildman–Crippen MR) is 65.5 cm³/mol. The lowest BCUT2D eigenvalue weighted by Crippen LogP contribution is -2.34. The highest BCUT2D eigenvalue weighted by molar-refractivity contribution is 7.89. The van der Waals surface area contributed by atoms with Crippen molar-refractivity contribution in [3.8, 4) is 0 Å². The number of sulfonamides is 1. The number of nitrogens with one attached hydrogen (secondary N) is 1. The van der Waals surface area contributed by atoms with Gasteiger partial charge >= 0.3 is 0 Å². The molecule has 0 saturated carbocycles. The van der Waals surface area contributed by atoms with Gasteiger partial charge in [-0.15, -0.1) is 0 Å². The van der Waals surface area contributed by atoms with Crippen molar-refractivity contribution in [2.45, 2.75) is 19.4 Å². The Bertz CT molecular complexity index is 445. The van der Waals surface area contributed by atoms with Crippen molar-refractivity contribution in [3.63, 3.8) is 0 Å². The zero-order valence-electron chi connectivity index (χ0n) is 9.69. The zero-order chi connectivity index (χ0) is 12.9. The second-order valence-corrected chi connectivity index (χ2v) is 5.79. The van der Waals surface area contributed by atoms with E-state index in [0.717, 1.165) is 5.56 Å². The van der Waals surface area contributed by atoms with Gasteiger partial charge in [-0.2, -0.15) is 0 Å². The first-order chi connectivity index (χ1) is 7.87. The lowest BCUT2D eigenvalue weighted by atomic mass is 10.1. The van der Waals surface area contributed by atoms with Gasteiger partial charge in [0.25, 0.3) is 0 Å².